The number of rotatable bonds is 7. The van der Waals surface area contributed by atoms with E-state index in [2.05, 4.69) is 47.4 Å². The maximum absolute atomic E-state index is 13.2. The predicted octanol–water partition coefficient (Wildman–Crippen LogP) is 7.25. The van der Waals surface area contributed by atoms with Crippen molar-refractivity contribution < 1.29 is 19.2 Å². The van der Waals surface area contributed by atoms with Crippen LogP contribution in [0.1, 0.15) is 26.4 Å². The first-order chi connectivity index (χ1) is 19.3. The van der Waals surface area contributed by atoms with Crippen molar-refractivity contribution in [3.8, 4) is 16.9 Å². The van der Waals surface area contributed by atoms with E-state index in [0.29, 0.717) is 20.2 Å². The summed E-state index contributed by atoms with van der Waals surface area (Å²) in [6.45, 7) is 0. The predicted molar refractivity (Wildman–Crippen MR) is 159 cm³/mol. The van der Waals surface area contributed by atoms with Crippen LogP contribution in [0.4, 0.5) is 5.69 Å². The van der Waals surface area contributed by atoms with Gasteiger partial charge in [-0.3, -0.25) is 14.9 Å². The van der Waals surface area contributed by atoms with E-state index in [1.807, 2.05) is 54.6 Å². The minimum Gasteiger partial charge on any atom is -0.421 e. The highest BCUT2D eigenvalue weighted by molar-refractivity contribution is 9.11. The first-order valence-corrected chi connectivity index (χ1v) is 13.4. The number of benzene rings is 4. The van der Waals surface area contributed by atoms with Crippen molar-refractivity contribution in [2.75, 3.05) is 0 Å². The van der Waals surface area contributed by atoms with E-state index < -0.39 is 16.8 Å². The Morgan fingerprint density at radius 3 is 2.38 bits per heavy atom. The number of carbonyl (C=O) groups excluding carboxylic acids is 2. The lowest BCUT2D eigenvalue weighted by Crippen LogP contribution is -2.19. The molecule has 11 heteroatoms. The molecule has 40 heavy (non-hydrogen) atoms. The zero-order chi connectivity index (χ0) is 28.2. The highest BCUT2D eigenvalue weighted by Crippen LogP contribution is 2.34. The molecule has 0 bridgehead atoms. The minimum atomic E-state index is -0.720. The molecule has 0 aliphatic heterocycles. The first-order valence-electron chi connectivity index (χ1n) is 11.8. The number of non-ortho nitro benzene ring substituents is 1. The number of H-pyrrole nitrogens is 1. The van der Waals surface area contributed by atoms with E-state index in [0.717, 1.165) is 22.0 Å². The Hall–Kier alpha value is -4.61. The quantitative estimate of drug-likeness (QED) is 0.0624. The number of esters is 1. The van der Waals surface area contributed by atoms with Gasteiger partial charge in [-0.15, -0.1) is 0 Å². The number of ether oxygens (including phenoxy) is 1. The fraction of sp³-hybridized carbons (Fsp3) is 0. The molecule has 5 rings (SSSR count). The molecule has 1 amide bonds. The molecule has 0 aliphatic carbocycles. The number of aromatic nitrogens is 1. The highest BCUT2D eigenvalue weighted by atomic mass is 79.9. The van der Waals surface area contributed by atoms with Crippen molar-refractivity contribution in [1.29, 1.82) is 0 Å². The molecule has 0 atom stereocenters. The lowest BCUT2D eigenvalue weighted by Gasteiger charge is -2.10. The number of fused-ring (bicyclic) bond motifs is 1. The number of aromatic amines is 1. The van der Waals surface area contributed by atoms with E-state index in [1.54, 1.807) is 12.1 Å². The van der Waals surface area contributed by atoms with E-state index in [-0.39, 0.29) is 17.0 Å². The molecule has 5 aromatic rings. The van der Waals surface area contributed by atoms with Crippen molar-refractivity contribution in [1.82, 2.24) is 10.4 Å². The van der Waals surface area contributed by atoms with Crippen LogP contribution in [0.2, 0.25) is 0 Å². The molecule has 0 fully saturated rings. The molecular weight excluding hydrogens is 644 g/mol. The van der Waals surface area contributed by atoms with Gasteiger partial charge in [0, 0.05) is 38.6 Å². The van der Waals surface area contributed by atoms with Gasteiger partial charge in [0.2, 0.25) is 0 Å². The largest absolute Gasteiger partial charge is 0.421 e. The lowest BCUT2D eigenvalue weighted by molar-refractivity contribution is -0.384. The number of nitro groups is 1. The summed E-state index contributed by atoms with van der Waals surface area (Å²) in [5.74, 6) is -1.02. The summed E-state index contributed by atoms with van der Waals surface area (Å²) in [7, 11) is 0. The van der Waals surface area contributed by atoms with Gasteiger partial charge in [0.15, 0.2) is 5.75 Å². The van der Waals surface area contributed by atoms with E-state index in [1.165, 1.54) is 30.5 Å². The molecule has 0 saturated carbocycles. The molecule has 4 aromatic carbocycles. The summed E-state index contributed by atoms with van der Waals surface area (Å²) in [5, 5.41) is 15.9. The van der Waals surface area contributed by atoms with Crippen LogP contribution in [0.25, 0.3) is 22.0 Å². The van der Waals surface area contributed by atoms with Gasteiger partial charge in [-0.2, -0.15) is 5.10 Å². The number of halogens is 2. The zero-order valence-electron chi connectivity index (χ0n) is 20.4. The van der Waals surface area contributed by atoms with Gasteiger partial charge >= 0.3 is 5.97 Å². The van der Waals surface area contributed by atoms with Gasteiger partial charge in [-0.1, -0.05) is 64.5 Å². The third-order valence-corrected chi connectivity index (χ3v) is 6.96. The Labute approximate surface area is 244 Å². The average molecular weight is 662 g/mol. The molecule has 0 radical (unpaired) electrons. The number of amides is 1. The third kappa shape index (κ3) is 5.70. The number of hydrazone groups is 1. The molecule has 2 N–H and O–H groups in total. The molecule has 0 unspecified atom stereocenters. The van der Waals surface area contributed by atoms with Gasteiger partial charge in [-0.05, 0) is 51.8 Å². The molecule has 1 aromatic heterocycles. The normalized spacial score (nSPS) is 11.1. The van der Waals surface area contributed by atoms with Crippen molar-refractivity contribution in [2.24, 2.45) is 5.10 Å². The monoisotopic (exact) mass is 660 g/mol. The standard InChI is InChI=1S/C29H18Br2N4O5/c30-20-14-19(27(23(31)15-20)40-29(37)18-10-12-21(13-11-18)35(38)39)16-32-34-28(36)26-25(17-6-2-1-3-7-17)22-8-4-5-9-24(22)33-26/h1-16,33H,(H,34,36). The second-order valence-electron chi connectivity index (χ2n) is 8.49. The fourth-order valence-electron chi connectivity index (χ4n) is 4.09. The van der Waals surface area contributed by atoms with Gasteiger partial charge in [0.05, 0.1) is 21.2 Å². The molecular formula is C29H18Br2N4O5. The molecule has 0 spiro atoms. The highest BCUT2D eigenvalue weighted by Gasteiger charge is 2.20. The van der Waals surface area contributed by atoms with Crippen molar-refractivity contribution in [3.63, 3.8) is 0 Å². The molecule has 1 heterocycles. The first kappa shape index (κ1) is 27.0. The van der Waals surface area contributed by atoms with Crippen molar-refractivity contribution in [2.45, 2.75) is 0 Å². The summed E-state index contributed by atoms with van der Waals surface area (Å²) in [5.41, 5.74) is 5.72. The number of para-hydroxylation sites is 1. The SMILES string of the molecule is O=C(Oc1c(Br)cc(Br)cc1C=NNC(=O)c1[nH]c2ccccc2c1-c1ccccc1)c1ccc([N+](=O)[O-])cc1. The number of hydrogen-bond acceptors (Lipinski definition) is 6. The Morgan fingerprint density at radius 1 is 0.950 bits per heavy atom. The summed E-state index contributed by atoms with van der Waals surface area (Å²) in [6.07, 6.45) is 1.36. The van der Waals surface area contributed by atoms with E-state index in [9.17, 15) is 19.7 Å². The third-order valence-electron chi connectivity index (χ3n) is 5.91. The van der Waals surface area contributed by atoms with Crippen LogP contribution in [-0.4, -0.2) is 28.0 Å². The topological polar surface area (TPSA) is 127 Å². The summed E-state index contributed by atoms with van der Waals surface area (Å²) in [6, 6.07) is 25.6. The van der Waals surface area contributed by atoms with Crippen LogP contribution < -0.4 is 10.2 Å². The second kappa shape index (κ2) is 11.6. The number of nitro benzene ring substituents is 1. The number of nitrogens with zero attached hydrogens (tertiary/aromatic N) is 2. The maximum atomic E-state index is 13.2. The van der Waals surface area contributed by atoms with E-state index >= 15 is 0 Å². The van der Waals surface area contributed by atoms with Gasteiger partial charge < -0.3 is 9.72 Å². The Balaban J connectivity index is 1.40. The summed E-state index contributed by atoms with van der Waals surface area (Å²) in [4.78, 5) is 39.5. The molecule has 0 saturated heterocycles. The Morgan fingerprint density at radius 2 is 1.65 bits per heavy atom. The number of hydrogen-bond donors (Lipinski definition) is 2. The fourth-order valence-corrected chi connectivity index (χ4v) is 5.43. The van der Waals surface area contributed by atoms with Crippen LogP contribution in [0.15, 0.2) is 105 Å². The molecule has 198 valence electrons. The summed E-state index contributed by atoms with van der Waals surface area (Å²) < 4.78 is 6.71. The van der Waals surface area contributed by atoms with Gasteiger partial charge in [-0.25, -0.2) is 10.2 Å². The maximum Gasteiger partial charge on any atom is 0.343 e. The van der Waals surface area contributed by atoms with Crippen LogP contribution >= 0.6 is 31.9 Å². The van der Waals surface area contributed by atoms with Crippen LogP contribution in [0.3, 0.4) is 0 Å². The minimum absolute atomic E-state index is 0.129. The molecule has 0 aliphatic rings. The van der Waals surface area contributed by atoms with E-state index in [4.69, 9.17) is 4.74 Å². The zero-order valence-corrected chi connectivity index (χ0v) is 23.6. The molecule has 9 nitrogen and oxygen atoms in total. The second-order valence-corrected chi connectivity index (χ2v) is 10.3. The number of nitrogens with one attached hydrogen (secondary N) is 2. The van der Waals surface area contributed by atoms with Crippen LogP contribution in [0.5, 0.6) is 5.75 Å². The number of carbonyl (C=O) groups is 2. The average Bonchev–Trinajstić information content (AvgIpc) is 3.35. The Bertz CT molecular complexity index is 1780. The lowest BCUT2D eigenvalue weighted by atomic mass is 10.0. The van der Waals surface area contributed by atoms with Gasteiger partial charge in [0.25, 0.3) is 11.6 Å². The van der Waals surface area contributed by atoms with Crippen molar-refractivity contribution in [3.05, 3.63) is 127 Å². The Kier molecular flexibility index (Phi) is 7.85. The van der Waals surface area contributed by atoms with Crippen LogP contribution in [0, 0.1) is 10.1 Å². The van der Waals surface area contributed by atoms with Gasteiger partial charge in [0.1, 0.15) is 5.69 Å². The van der Waals surface area contributed by atoms with Crippen LogP contribution in [-0.2, 0) is 0 Å². The summed E-state index contributed by atoms with van der Waals surface area (Å²) >= 11 is 6.80. The smallest absolute Gasteiger partial charge is 0.343 e. The van der Waals surface area contributed by atoms with Crippen molar-refractivity contribution >= 4 is 66.5 Å².